The van der Waals surface area contributed by atoms with E-state index in [9.17, 15) is 22.8 Å². The van der Waals surface area contributed by atoms with Crippen LogP contribution in [-0.4, -0.2) is 23.3 Å². The van der Waals surface area contributed by atoms with E-state index in [2.05, 4.69) is 5.32 Å². The highest BCUT2D eigenvalue weighted by atomic mass is 35.5. The standard InChI is InChI=1S/C18H14ClF3N2O2/c19-14-6-5-13(18(20,21)22)9-15(14)23-16(25)17(26)24-8-7-11-3-1-2-4-12(11)10-24/h1-6,9H,7-8,10H2,(H,23,25). The Morgan fingerprint density at radius 2 is 1.77 bits per heavy atom. The van der Waals surface area contributed by atoms with Crippen LogP contribution >= 0.6 is 11.6 Å². The monoisotopic (exact) mass is 382 g/mol. The van der Waals surface area contributed by atoms with Gasteiger partial charge in [0.2, 0.25) is 0 Å². The van der Waals surface area contributed by atoms with Crippen LogP contribution in [0.5, 0.6) is 0 Å². The maximum Gasteiger partial charge on any atom is 0.416 e. The van der Waals surface area contributed by atoms with E-state index in [0.717, 1.165) is 23.3 Å². The maximum atomic E-state index is 12.8. The minimum absolute atomic E-state index is 0.0804. The molecule has 1 aliphatic rings. The molecule has 2 amide bonds. The van der Waals surface area contributed by atoms with Gasteiger partial charge in [-0.15, -0.1) is 0 Å². The first-order valence-electron chi connectivity index (χ1n) is 7.79. The van der Waals surface area contributed by atoms with Crippen LogP contribution < -0.4 is 5.32 Å². The number of hydrogen-bond acceptors (Lipinski definition) is 2. The molecule has 1 aliphatic heterocycles. The van der Waals surface area contributed by atoms with Crippen molar-refractivity contribution in [2.45, 2.75) is 19.1 Å². The second-order valence-electron chi connectivity index (χ2n) is 5.89. The van der Waals surface area contributed by atoms with Gasteiger partial charge in [-0.25, -0.2) is 0 Å². The molecular formula is C18H14ClF3N2O2. The van der Waals surface area contributed by atoms with Crippen molar-refractivity contribution in [3.05, 3.63) is 64.2 Å². The third-order valence-corrected chi connectivity index (χ3v) is 4.48. The van der Waals surface area contributed by atoms with Gasteiger partial charge < -0.3 is 10.2 Å². The minimum Gasteiger partial charge on any atom is -0.330 e. The molecular weight excluding hydrogens is 369 g/mol. The van der Waals surface area contributed by atoms with Crippen LogP contribution in [0.1, 0.15) is 16.7 Å². The Labute approximate surface area is 152 Å². The lowest BCUT2D eigenvalue weighted by atomic mass is 10.00. The van der Waals surface area contributed by atoms with Gasteiger partial charge in [-0.3, -0.25) is 9.59 Å². The van der Waals surface area contributed by atoms with Crippen molar-refractivity contribution in [3.63, 3.8) is 0 Å². The SMILES string of the molecule is O=C(Nc1cc(C(F)(F)F)ccc1Cl)C(=O)N1CCc2ccccc2C1. The lowest BCUT2D eigenvalue weighted by Gasteiger charge is -2.28. The summed E-state index contributed by atoms with van der Waals surface area (Å²) in [6.45, 7) is 0.637. The predicted molar refractivity (Wildman–Crippen MR) is 90.6 cm³/mol. The van der Waals surface area contributed by atoms with E-state index >= 15 is 0 Å². The molecule has 0 fully saturated rings. The number of hydrogen-bond donors (Lipinski definition) is 1. The van der Waals surface area contributed by atoms with Crippen molar-refractivity contribution in [1.29, 1.82) is 0 Å². The summed E-state index contributed by atoms with van der Waals surface area (Å²) < 4.78 is 38.4. The topological polar surface area (TPSA) is 49.4 Å². The average Bonchev–Trinajstić information content (AvgIpc) is 2.61. The molecule has 0 spiro atoms. The quantitative estimate of drug-likeness (QED) is 0.761. The van der Waals surface area contributed by atoms with Crippen LogP contribution in [0.3, 0.4) is 0 Å². The van der Waals surface area contributed by atoms with Gasteiger partial charge in [-0.05, 0) is 35.7 Å². The van der Waals surface area contributed by atoms with E-state index in [-0.39, 0.29) is 17.3 Å². The van der Waals surface area contributed by atoms with E-state index in [1.807, 2.05) is 24.3 Å². The lowest BCUT2D eigenvalue weighted by molar-refractivity contribution is -0.143. The Kier molecular flexibility index (Phi) is 4.91. The van der Waals surface area contributed by atoms with E-state index in [0.29, 0.717) is 19.0 Å². The minimum atomic E-state index is -4.58. The van der Waals surface area contributed by atoms with Crippen molar-refractivity contribution in [2.24, 2.45) is 0 Å². The molecule has 8 heteroatoms. The fraction of sp³-hybridized carbons (Fsp3) is 0.222. The number of nitrogens with one attached hydrogen (secondary N) is 1. The zero-order valence-electron chi connectivity index (χ0n) is 13.4. The highest BCUT2D eigenvalue weighted by Crippen LogP contribution is 2.33. The van der Waals surface area contributed by atoms with Crippen LogP contribution in [0.15, 0.2) is 42.5 Å². The smallest absolute Gasteiger partial charge is 0.330 e. The van der Waals surface area contributed by atoms with Gasteiger partial charge in [0.15, 0.2) is 0 Å². The van der Waals surface area contributed by atoms with E-state index in [1.54, 1.807) is 0 Å². The third kappa shape index (κ3) is 3.83. The number of nitrogens with zero attached hydrogens (tertiary/aromatic N) is 1. The molecule has 0 atom stereocenters. The number of anilines is 1. The molecule has 0 radical (unpaired) electrons. The Morgan fingerprint density at radius 3 is 2.46 bits per heavy atom. The summed E-state index contributed by atoms with van der Waals surface area (Å²) in [6, 6.07) is 10.1. The summed E-state index contributed by atoms with van der Waals surface area (Å²) >= 11 is 5.84. The van der Waals surface area contributed by atoms with E-state index in [4.69, 9.17) is 11.6 Å². The van der Waals surface area contributed by atoms with Crippen molar-refractivity contribution in [2.75, 3.05) is 11.9 Å². The van der Waals surface area contributed by atoms with Crippen molar-refractivity contribution in [1.82, 2.24) is 4.90 Å². The highest BCUT2D eigenvalue weighted by molar-refractivity contribution is 6.41. The summed E-state index contributed by atoms with van der Waals surface area (Å²) in [6.07, 6.45) is -3.97. The van der Waals surface area contributed by atoms with Gasteiger partial charge >= 0.3 is 18.0 Å². The molecule has 0 aliphatic carbocycles. The first-order chi connectivity index (χ1) is 12.3. The van der Waals surface area contributed by atoms with E-state index in [1.165, 1.54) is 4.90 Å². The second kappa shape index (κ2) is 6.99. The molecule has 4 nitrogen and oxygen atoms in total. The summed E-state index contributed by atoms with van der Waals surface area (Å²) in [4.78, 5) is 25.9. The lowest BCUT2D eigenvalue weighted by Crippen LogP contribution is -2.42. The molecule has 26 heavy (non-hydrogen) atoms. The number of carbonyl (C=O) groups excluding carboxylic acids is 2. The van der Waals surface area contributed by atoms with Gasteiger partial charge in [0.05, 0.1) is 16.3 Å². The largest absolute Gasteiger partial charge is 0.416 e. The molecule has 1 heterocycles. The zero-order valence-corrected chi connectivity index (χ0v) is 14.2. The van der Waals surface area contributed by atoms with Crippen LogP contribution in [0.2, 0.25) is 5.02 Å². The van der Waals surface area contributed by atoms with Crippen LogP contribution in [-0.2, 0) is 28.7 Å². The normalized spacial score (nSPS) is 13.9. The number of fused-ring (bicyclic) bond motifs is 1. The van der Waals surface area contributed by atoms with E-state index < -0.39 is 23.6 Å². The zero-order chi connectivity index (χ0) is 18.9. The Morgan fingerprint density at radius 1 is 1.08 bits per heavy atom. The Bertz CT molecular complexity index is 868. The second-order valence-corrected chi connectivity index (χ2v) is 6.30. The molecule has 1 N–H and O–H groups in total. The van der Waals surface area contributed by atoms with Crippen LogP contribution in [0.25, 0.3) is 0 Å². The Balaban J connectivity index is 1.74. The van der Waals surface area contributed by atoms with Gasteiger partial charge in [0.1, 0.15) is 0 Å². The molecule has 0 saturated carbocycles. The molecule has 2 aromatic rings. The number of rotatable bonds is 1. The maximum absolute atomic E-state index is 12.8. The number of halogens is 4. The fourth-order valence-electron chi connectivity index (χ4n) is 2.79. The first-order valence-corrected chi connectivity index (χ1v) is 8.17. The summed E-state index contributed by atoms with van der Waals surface area (Å²) in [5.74, 6) is -1.83. The van der Waals surface area contributed by atoms with Crippen molar-refractivity contribution in [3.8, 4) is 0 Å². The predicted octanol–water partition coefficient (Wildman–Crippen LogP) is 3.88. The summed E-state index contributed by atoms with van der Waals surface area (Å²) in [7, 11) is 0. The molecule has 0 saturated heterocycles. The van der Waals surface area contributed by atoms with Gasteiger partial charge in [0.25, 0.3) is 0 Å². The first kappa shape index (κ1) is 18.3. The highest BCUT2D eigenvalue weighted by Gasteiger charge is 2.32. The van der Waals surface area contributed by atoms with Gasteiger partial charge in [0, 0.05) is 13.1 Å². The van der Waals surface area contributed by atoms with Crippen LogP contribution in [0, 0.1) is 0 Å². The van der Waals surface area contributed by atoms with Crippen molar-refractivity contribution >= 4 is 29.1 Å². The fourth-order valence-corrected chi connectivity index (χ4v) is 2.95. The van der Waals surface area contributed by atoms with Gasteiger partial charge in [-0.1, -0.05) is 35.9 Å². The molecule has 3 rings (SSSR count). The summed E-state index contributed by atoms with van der Waals surface area (Å²) in [5.41, 5.74) is 0.837. The number of alkyl halides is 3. The average molecular weight is 383 g/mol. The number of amides is 2. The number of benzene rings is 2. The summed E-state index contributed by atoms with van der Waals surface area (Å²) in [5, 5.41) is 2.10. The molecule has 0 aromatic heterocycles. The van der Waals surface area contributed by atoms with Crippen molar-refractivity contribution < 1.29 is 22.8 Å². The Hall–Kier alpha value is -2.54. The number of carbonyl (C=O) groups is 2. The molecule has 136 valence electrons. The molecule has 0 bridgehead atoms. The third-order valence-electron chi connectivity index (χ3n) is 4.15. The van der Waals surface area contributed by atoms with Gasteiger partial charge in [-0.2, -0.15) is 13.2 Å². The van der Waals surface area contributed by atoms with Crippen LogP contribution in [0.4, 0.5) is 18.9 Å². The molecule has 2 aromatic carbocycles. The molecule has 0 unspecified atom stereocenters.